The molecule has 0 saturated heterocycles. The largest absolute Gasteiger partial charge is 0.492 e. The third-order valence-electron chi connectivity index (χ3n) is 4.78. The Bertz CT molecular complexity index is 1100. The molecule has 3 aromatic rings. The molecule has 1 amide bonds. The molecule has 1 N–H and O–H groups in total. The first-order valence-electron chi connectivity index (χ1n) is 10.1. The molecule has 2 aromatic heterocycles. The Hall–Kier alpha value is -2.32. The number of ether oxygens (including phenoxy) is 1. The second kappa shape index (κ2) is 10.1. The number of fused-ring (bicyclic) bond motifs is 1. The first-order valence-corrected chi connectivity index (χ1v) is 11.9. The number of aryl methyl sites for hydroxylation is 2. The average molecular weight is 446 g/mol. The molecule has 0 saturated carbocycles. The number of carbonyl (C=O) groups is 1. The summed E-state index contributed by atoms with van der Waals surface area (Å²) in [7, 11) is 0. The summed E-state index contributed by atoms with van der Waals surface area (Å²) in [5.74, 6) is 0.637. The van der Waals surface area contributed by atoms with Crippen molar-refractivity contribution in [1.82, 2.24) is 9.55 Å². The van der Waals surface area contributed by atoms with Crippen LogP contribution in [0, 0.1) is 13.8 Å². The van der Waals surface area contributed by atoms with E-state index in [1.165, 1.54) is 23.1 Å². The molecule has 8 heteroatoms. The maximum atomic E-state index is 13.1. The summed E-state index contributed by atoms with van der Waals surface area (Å²) in [5, 5.41) is 4.19. The fraction of sp³-hybridized carbons (Fsp3) is 0.409. The Morgan fingerprint density at radius 1 is 1.27 bits per heavy atom. The van der Waals surface area contributed by atoms with Crippen molar-refractivity contribution in [2.45, 2.75) is 52.2 Å². The smallest absolute Gasteiger partial charge is 0.263 e. The molecule has 0 fully saturated rings. The number of benzene rings is 1. The van der Waals surface area contributed by atoms with Crippen LogP contribution in [-0.2, 0) is 11.3 Å². The van der Waals surface area contributed by atoms with Crippen molar-refractivity contribution in [2.75, 3.05) is 17.7 Å². The van der Waals surface area contributed by atoms with Gasteiger partial charge in [-0.25, -0.2) is 4.98 Å². The number of anilines is 1. The van der Waals surface area contributed by atoms with Gasteiger partial charge in [-0.05, 0) is 44.9 Å². The number of para-hydroxylation sites is 2. The SMILES string of the molecule is CCCCn1c(SCC(=O)Nc2ccccc2OCC)nc2sc(C)c(C)c2c1=O. The van der Waals surface area contributed by atoms with Gasteiger partial charge in [0.25, 0.3) is 5.56 Å². The van der Waals surface area contributed by atoms with Gasteiger partial charge in [0.2, 0.25) is 5.91 Å². The van der Waals surface area contributed by atoms with Gasteiger partial charge in [0, 0.05) is 11.4 Å². The van der Waals surface area contributed by atoms with Crippen LogP contribution < -0.4 is 15.6 Å². The van der Waals surface area contributed by atoms with Gasteiger partial charge in [0.1, 0.15) is 10.6 Å². The highest BCUT2D eigenvalue weighted by Crippen LogP contribution is 2.29. The molecule has 0 radical (unpaired) electrons. The van der Waals surface area contributed by atoms with Crippen molar-refractivity contribution >= 4 is 44.9 Å². The van der Waals surface area contributed by atoms with Crippen LogP contribution in [0.15, 0.2) is 34.2 Å². The molecule has 1 aromatic carbocycles. The zero-order valence-corrected chi connectivity index (χ0v) is 19.4. The van der Waals surface area contributed by atoms with E-state index in [-0.39, 0.29) is 17.2 Å². The highest BCUT2D eigenvalue weighted by atomic mass is 32.2. The summed E-state index contributed by atoms with van der Waals surface area (Å²) in [6, 6.07) is 7.36. The van der Waals surface area contributed by atoms with E-state index >= 15 is 0 Å². The first-order chi connectivity index (χ1) is 14.5. The van der Waals surface area contributed by atoms with Crippen molar-refractivity contribution in [3.05, 3.63) is 45.1 Å². The van der Waals surface area contributed by atoms with Gasteiger partial charge in [-0.1, -0.05) is 37.2 Å². The van der Waals surface area contributed by atoms with Crippen molar-refractivity contribution in [1.29, 1.82) is 0 Å². The Balaban J connectivity index is 1.83. The molecule has 0 bridgehead atoms. The Labute approximate surface area is 184 Å². The lowest BCUT2D eigenvalue weighted by Gasteiger charge is -2.13. The molecule has 0 aliphatic rings. The van der Waals surface area contributed by atoms with Crippen LogP contribution in [0.2, 0.25) is 0 Å². The van der Waals surface area contributed by atoms with Crippen molar-refractivity contribution in [3.8, 4) is 5.75 Å². The van der Waals surface area contributed by atoms with E-state index in [0.29, 0.717) is 35.1 Å². The third-order valence-corrected chi connectivity index (χ3v) is 6.86. The number of carbonyl (C=O) groups excluding carboxylic acids is 1. The van der Waals surface area contributed by atoms with Gasteiger partial charge in [-0.2, -0.15) is 0 Å². The molecule has 0 atom stereocenters. The number of thiophene rings is 1. The van der Waals surface area contributed by atoms with Gasteiger partial charge in [-0.3, -0.25) is 14.2 Å². The van der Waals surface area contributed by atoms with E-state index < -0.39 is 0 Å². The summed E-state index contributed by atoms with van der Waals surface area (Å²) in [6.07, 6.45) is 1.86. The van der Waals surface area contributed by atoms with E-state index in [1.54, 1.807) is 4.57 Å². The van der Waals surface area contributed by atoms with Crippen LogP contribution in [0.1, 0.15) is 37.1 Å². The summed E-state index contributed by atoms with van der Waals surface area (Å²) < 4.78 is 7.28. The highest BCUT2D eigenvalue weighted by Gasteiger charge is 2.18. The van der Waals surface area contributed by atoms with Gasteiger partial charge < -0.3 is 10.1 Å². The van der Waals surface area contributed by atoms with E-state index in [0.717, 1.165) is 28.1 Å². The van der Waals surface area contributed by atoms with Crippen LogP contribution in [0.4, 0.5) is 5.69 Å². The van der Waals surface area contributed by atoms with Crippen molar-refractivity contribution < 1.29 is 9.53 Å². The quantitative estimate of drug-likeness (QED) is 0.370. The lowest BCUT2D eigenvalue weighted by atomic mass is 10.2. The van der Waals surface area contributed by atoms with Crippen LogP contribution >= 0.6 is 23.1 Å². The topological polar surface area (TPSA) is 73.2 Å². The van der Waals surface area contributed by atoms with Crippen molar-refractivity contribution in [3.63, 3.8) is 0 Å². The predicted molar refractivity (Wildman–Crippen MR) is 125 cm³/mol. The van der Waals surface area contributed by atoms with E-state index in [4.69, 9.17) is 9.72 Å². The van der Waals surface area contributed by atoms with E-state index in [2.05, 4.69) is 12.2 Å². The van der Waals surface area contributed by atoms with Gasteiger partial charge in [0.15, 0.2) is 5.16 Å². The number of nitrogens with zero attached hydrogens (tertiary/aromatic N) is 2. The first kappa shape index (κ1) is 22.4. The van der Waals surface area contributed by atoms with Crippen molar-refractivity contribution in [2.24, 2.45) is 0 Å². The standard InChI is InChI=1S/C22H27N3O3S2/c1-5-7-12-25-21(27)19-14(3)15(4)30-20(19)24-22(25)29-13-18(26)23-16-10-8-9-11-17(16)28-6-2/h8-11H,5-7,12-13H2,1-4H3,(H,23,26). The molecule has 0 aliphatic carbocycles. The molecule has 0 aliphatic heterocycles. The number of thioether (sulfide) groups is 1. The Morgan fingerprint density at radius 2 is 2.03 bits per heavy atom. The van der Waals surface area contributed by atoms with Crippen LogP contribution in [0.5, 0.6) is 5.75 Å². The summed E-state index contributed by atoms with van der Waals surface area (Å²) >= 11 is 2.82. The van der Waals surface area contributed by atoms with Gasteiger partial charge in [-0.15, -0.1) is 11.3 Å². The fourth-order valence-electron chi connectivity index (χ4n) is 3.10. The summed E-state index contributed by atoms with van der Waals surface area (Å²) in [6.45, 7) is 9.09. The molecule has 0 unspecified atom stereocenters. The molecule has 0 spiro atoms. The second-order valence-electron chi connectivity index (χ2n) is 6.93. The second-order valence-corrected chi connectivity index (χ2v) is 9.08. The zero-order chi connectivity index (χ0) is 21.7. The number of rotatable bonds is 9. The minimum Gasteiger partial charge on any atom is -0.492 e. The molecule has 3 rings (SSSR count). The Kier molecular flexibility index (Phi) is 7.55. The number of amides is 1. The van der Waals surface area contributed by atoms with Gasteiger partial charge in [0.05, 0.1) is 23.4 Å². The minimum absolute atomic E-state index is 0.0140. The lowest BCUT2D eigenvalue weighted by Crippen LogP contribution is -2.24. The van der Waals surface area contributed by atoms with Crippen LogP contribution in [-0.4, -0.2) is 27.8 Å². The summed E-state index contributed by atoms with van der Waals surface area (Å²) in [5.41, 5.74) is 1.63. The van der Waals surface area contributed by atoms with E-state index in [9.17, 15) is 9.59 Å². The zero-order valence-electron chi connectivity index (χ0n) is 17.8. The molecule has 30 heavy (non-hydrogen) atoms. The molecule has 2 heterocycles. The third kappa shape index (κ3) is 4.87. The monoisotopic (exact) mass is 445 g/mol. The normalized spacial score (nSPS) is 11.1. The maximum absolute atomic E-state index is 13.1. The lowest BCUT2D eigenvalue weighted by molar-refractivity contribution is -0.113. The minimum atomic E-state index is -0.165. The molecule has 6 nitrogen and oxygen atoms in total. The fourth-order valence-corrected chi connectivity index (χ4v) is 5.00. The highest BCUT2D eigenvalue weighted by molar-refractivity contribution is 7.99. The predicted octanol–water partition coefficient (Wildman–Crippen LogP) is 5.00. The Morgan fingerprint density at radius 3 is 2.77 bits per heavy atom. The molecular formula is C22H27N3O3S2. The number of aromatic nitrogens is 2. The maximum Gasteiger partial charge on any atom is 0.263 e. The van der Waals surface area contributed by atoms with Crippen LogP contribution in [0.25, 0.3) is 10.2 Å². The molecular weight excluding hydrogens is 418 g/mol. The van der Waals surface area contributed by atoms with Crippen LogP contribution in [0.3, 0.4) is 0 Å². The van der Waals surface area contributed by atoms with E-state index in [1.807, 2.05) is 45.0 Å². The summed E-state index contributed by atoms with van der Waals surface area (Å²) in [4.78, 5) is 32.3. The number of unbranched alkanes of at least 4 members (excludes halogenated alkanes) is 1. The van der Waals surface area contributed by atoms with Gasteiger partial charge >= 0.3 is 0 Å². The number of hydrogen-bond donors (Lipinski definition) is 1. The number of nitrogens with one attached hydrogen (secondary N) is 1. The average Bonchev–Trinajstić information content (AvgIpc) is 3.01. The molecule has 160 valence electrons. The number of hydrogen-bond acceptors (Lipinski definition) is 6.